The molecule has 0 unspecified atom stereocenters. The van der Waals surface area contributed by atoms with Crippen LogP contribution < -0.4 is 10.1 Å². The lowest BCUT2D eigenvalue weighted by atomic mass is 10.1. The van der Waals surface area contributed by atoms with E-state index in [1.54, 1.807) is 55.5 Å². The molecule has 0 aliphatic rings. The molecular weight excluding hydrogens is 280 g/mol. The van der Waals surface area contributed by atoms with Gasteiger partial charge in [0.1, 0.15) is 17.6 Å². The number of nitrogens with zero attached hydrogens (tertiary/aromatic N) is 1. The number of para-hydroxylation sites is 2. The molecule has 0 fully saturated rings. The number of carbonyl (C=O) groups excluding carboxylic acids is 1. The van der Waals surface area contributed by atoms with Crippen LogP contribution in [-0.4, -0.2) is 23.7 Å². The van der Waals surface area contributed by atoms with Gasteiger partial charge in [-0.15, -0.1) is 0 Å². The van der Waals surface area contributed by atoms with Crippen molar-refractivity contribution in [3.8, 4) is 17.6 Å². The molecule has 0 radical (unpaired) electrons. The zero-order chi connectivity index (χ0) is 15.9. The normalized spacial score (nSPS) is 11.3. The van der Waals surface area contributed by atoms with Gasteiger partial charge in [0.15, 0.2) is 0 Å². The third-order valence-corrected chi connectivity index (χ3v) is 3.01. The second kappa shape index (κ2) is 7.25. The van der Waals surface area contributed by atoms with Crippen molar-refractivity contribution in [2.24, 2.45) is 0 Å². The Morgan fingerprint density at radius 1 is 1.23 bits per heavy atom. The third kappa shape index (κ3) is 3.62. The molecule has 0 spiro atoms. The topological polar surface area (TPSA) is 82.3 Å². The molecule has 0 aromatic heterocycles. The molecule has 5 nitrogen and oxygen atoms in total. The van der Waals surface area contributed by atoms with E-state index in [1.807, 2.05) is 6.07 Å². The average molecular weight is 296 g/mol. The van der Waals surface area contributed by atoms with Crippen molar-refractivity contribution in [1.29, 1.82) is 5.26 Å². The lowest BCUT2D eigenvalue weighted by Crippen LogP contribution is -2.35. The molecule has 5 heteroatoms. The highest BCUT2D eigenvalue weighted by atomic mass is 16.5. The number of benzene rings is 2. The van der Waals surface area contributed by atoms with E-state index >= 15 is 0 Å². The standard InChI is InChI=1S/C17H16N2O3/c1-12(11-20)19-17(21)14-7-3-5-9-16(14)22-15-8-4-2-6-13(15)10-18/h2-9,12,20H,11H2,1H3,(H,19,21)/t12-/m0/s1. The van der Waals surface area contributed by atoms with Crippen LogP contribution in [0.5, 0.6) is 11.5 Å². The molecule has 1 amide bonds. The van der Waals surface area contributed by atoms with Gasteiger partial charge in [-0.05, 0) is 31.2 Å². The molecule has 2 N–H and O–H groups in total. The van der Waals surface area contributed by atoms with E-state index in [0.717, 1.165) is 0 Å². The van der Waals surface area contributed by atoms with E-state index in [1.165, 1.54) is 0 Å². The summed E-state index contributed by atoms with van der Waals surface area (Å²) in [5.74, 6) is 0.403. The summed E-state index contributed by atoms with van der Waals surface area (Å²) in [5.41, 5.74) is 0.733. The molecule has 112 valence electrons. The maximum Gasteiger partial charge on any atom is 0.255 e. The summed E-state index contributed by atoms with van der Waals surface area (Å²) in [4.78, 5) is 12.2. The first-order valence-electron chi connectivity index (χ1n) is 6.83. The van der Waals surface area contributed by atoms with Gasteiger partial charge >= 0.3 is 0 Å². The van der Waals surface area contributed by atoms with E-state index in [9.17, 15) is 4.79 Å². The van der Waals surface area contributed by atoms with E-state index in [2.05, 4.69) is 5.32 Å². The number of amides is 1. The molecule has 2 rings (SSSR count). The zero-order valence-electron chi connectivity index (χ0n) is 12.1. The SMILES string of the molecule is C[C@@H](CO)NC(=O)c1ccccc1Oc1ccccc1C#N. The fourth-order valence-electron chi connectivity index (χ4n) is 1.86. The van der Waals surface area contributed by atoms with Gasteiger partial charge in [0.25, 0.3) is 5.91 Å². The Hall–Kier alpha value is -2.84. The fourth-order valence-corrected chi connectivity index (χ4v) is 1.86. The van der Waals surface area contributed by atoms with Crippen LogP contribution in [-0.2, 0) is 0 Å². The van der Waals surface area contributed by atoms with Crippen LogP contribution in [0.15, 0.2) is 48.5 Å². The van der Waals surface area contributed by atoms with Crippen molar-refractivity contribution >= 4 is 5.91 Å². The number of aliphatic hydroxyl groups is 1. The van der Waals surface area contributed by atoms with Crippen LogP contribution in [0, 0.1) is 11.3 Å². The minimum atomic E-state index is -0.355. The van der Waals surface area contributed by atoms with Crippen LogP contribution in [0.1, 0.15) is 22.8 Å². The molecule has 0 saturated heterocycles. The first-order chi connectivity index (χ1) is 10.7. The van der Waals surface area contributed by atoms with Gasteiger partial charge in [-0.3, -0.25) is 4.79 Å². The summed E-state index contributed by atoms with van der Waals surface area (Å²) in [7, 11) is 0. The van der Waals surface area contributed by atoms with Gasteiger partial charge in [-0.25, -0.2) is 0 Å². The van der Waals surface area contributed by atoms with E-state index in [-0.39, 0.29) is 18.6 Å². The predicted octanol–water partition coefficient (Wildman–Crippen LogP) is 2.46. The van der Waals surface area contributed by atoms with Gasteiger partial charge in [-0.1, -0.05) is 24.3 Å². The molecule has 0 saturated carbocycles. The van der Waals surface area contributed by atoms with Gasteiger partial charge in [0.2, 0.25) is 0 Å². The summed E-state index contributed by atoms with van der Waals surface area (Å²) in [6, 6.07) is 15.3. The molecule has 2 aromatic rings. The first-order valence-corrected chi connectivity index (χ1v) is 6.83. The maximum absolute atomic E-state index is 12.2. The summed E-state index contributed by atoms with van der Waals surface area (Å²) in [6.07, 6.45) is 0. The van der Waals surface area contributed by atoms with E-state index in [4.69, 9.17) is 15.1 Å². The maximum atomic E-state index is 12.2. The van der Waals surface area contributed by atoms with Gasteiger partial charge < -0.3 is 15.2 Å². The lowest BCUT2D eigenvalue weighted by molar-refractivity contribution is 0.0920. The molecule has 1 atom stereocenters. The lowest BCUT2D eigenvalue weighted by Gasteiger charge is -2.14. The van der Waals surface area contributed by atoms with Crippen molar-refractivity contribution in [2.45, 2.75) is 13.0 Å². The Balaban J connectivity index is 2.29. The summed E-state index contributed by atoms with van der Waals surface area (Å²) in [5, 5.41) is 20.8. The Bertz CT molecular complexity index is 707. The number of carbonyl (C=O) groups is 1. The minimum Gasteiger partial charge on any atom is -0.455 e. The molecule has 0 aliphatic heterocycles. The summed E-state index contributed by atoms with van der Waals surface area (Å²) in [6.45, 7) is 1.55. The zero-order valence-corrected chi connectivity index (χ0v) is 12.1. The molecule has 22 heavy (non-hydrogen) atoms. The quantitative estimate of drug-likeness (QED) is 0.888. The van der Waals surface area contributed by atoms with Gasteiger partial charge in [0.05, 0.1) is 17.7 Å². The van der Waals surface area contributed by atoms with Gasteiger partial charge in [-0.2, -0.15) is 5.26 Å². The predicted molar refractivity (Wildman–Crippen MR) is 81.7 cm³/mol. The second-order valence-corrected chi connectivity index (χ2v) is 4.76. The third-order valence-electron chi connectivity index (χ3n) is 3.01. The van der Waals surface area contributed by atoms with Crippen molar-refractivity contribution in [2.75, 3.05) is 6.61 Å². The van der Waals surface area contributed by atoms with E-state index in [0.29, 0.717) is 22.6 Å². The van der Waals surface area contributed by atoms with Crippen LogP contribution in [0.4, 0.5) is 0 Å². The Morgan fingerprint density at radius 2 is 1.86 bits per heavy atom. The second-order valence-electron chi connectivity index (χ2n) is 4.76. The summed E-state index contributed by atoms with van der Waals surface area (Å²) < 4.78 is 5.72. The minimum absolute atomic E-state index is 0.147. The number of hydrogen-bond donors (Lipinski definition) is 2. The van der Waals surface area contributed by atoms with Crippen molar-refractivity contribution in [1.82, 2.24) is 5.32 Å². The number of aliphatic hydroxyl groups excluding tert-OH is 1. The van der Waals surface area contributed by atoms with Crippen LogP contribution >= 0.6 is 0 Å². The van der Waals surface area contributed by atoms with E-state index < -0.39 is 0 Å². The summed E-state index contributed by atoms with van der Waals surface area (Å²) >= 11 is 0. The highest BCUT2D eigenvalue weighted by Gasteiger charge is 2.15. The van der Waals surface area contributed by atoms with Crippen molar-refractivity contribution in [3.05, 3.63) is 59.7 Å². The fraction of sp³-hybridized carbons (Fsp3) is 0.176. The number of nitriles is 1. The van der Waals surface area contributed by atoms with Gasteiger partial charge in [0, 0.05) is 6.04 Å². The largest absolute Gasteiger partial charge is 0.455 e. The van der Waals surface area contributed by atoms with Crippen LogP contribution in [0.3, 0.4) is 0 Å². The molecule has 0 aliphatic carbocycles. The highest BCUT2D eigenvalue weighted by molar-refractivity contribution is 5.97. The smallest absolute Gasteiger partial charge is 0.255 e. The Labute approximate surface area is 128 Å². The van der Waals surface area contributed by atoms with Crippen molar-refractivity contribution in [3.63, 3.8) is 0 Å². The highest BCUT2D eigenvalue weighted by Crippen LogP contribution is 2.27. The number of hydrogen-bond acceptors (Lipinski definition) is 4. The average Bonchev–Trinajstić information content (AvgIpc) is 2.55. The molecule has 0 bridgehead atoms. The Morgan fingerprint density at radius 3 is 2.55 bits per heavy atom. The molecule has 0 heterocycles. The van der Waals surface area contributed by atoms with Crippen LogP contribution in [0.25, 0.3) is 0 Å². The first kappa shape index (κ1) is 15.5. The molecular formula is C17H16N2O3. The molecule has 2 aromatic carbocycles. The van der Waals surface area contributed by atoms with Crippen molar-refractivity contribution < 1.29 is 14.6 Å². The Kier molecular flexibility index (Phi) is 5.12. The number of nitrogens with one attached hydrogen (secondary N) is 1. The number of ether oxygens (including phenoxy) is 1. The monoisotopic (exact) mass is 296 g/mol. The number of rotatable bonds is 5. The van der Waals surface area contributed by atoms with Crippen LogP contribution in [0.2, 0.25) is 0 Å².